The highest BCUT2D eigenvalue weighted by Crippen LogP contribution is 2.33. The number of hydrogen-bond donors (Lipinski definition) is 2. The zero-order chi connectivity index (χ0) is 14.9. The smallest absolute Gasteiger partial charge is 0.329 e. The van der Waals surface area contributed by atoms with E-state index < -0.39 is 28.0 Å². The van der Waals surface area contributed by atoms with Crippen LogP contribution in [0.4, 0.5) is 5.69 Å². The highest BCUT2D eigenvalue weighted by atomic mass is 35.5. The molecule has 0 aromatic heterocycles. The molecule has 0 aliphatic heterocycles. The van der Waals surface area contributed by atoms with E-state index >= 15 is 0 Å². The molecule has 7 nitrogen and oxygen atoms in total. The molecule has 1 aromatic rings. The number of aliphatic carboxylic acids is 1. The van der Waals surface area contributed by atoms with Crippen LogP contribution in [0, 0.1) is 10.1 Å². The van der Waals surface area contributed by atoms with Gasteiger partial charge >= 0.3 is 5.97 Å². The Balaban J connectivity index is 2.30. The SMILES string of the molecule is O=C(NC1(C(=O)O)CCC1)c1ccc(Cl)cc1[N+](=O)[O-]. The van der Waals surface area contributed by atoms with Crippen LogP contribution in [0.15, 0.2) is 18.2 Å². The number of amides is 1. The quantitative estimate of drug-likeness (QED) is 0.652. The Bertz CT molecular complexity index is 598. The van der Waals surface area contributed by atoms with Gasteiger partial charge in [0.2, 0.25) is 0 Å². The van der Waals surface area contributed by atoms with Gasteiger partial charge in [0.05, 0.1) is 4.92 Å². The number of carboxylic acid groups (broad SMARTS) is 1. The molecule has 0 saturated heterocycles. The third-order valence-electron chi connectivity index (χ3n) is 3.37. The average Bonchev–Trinajstić information content (AvgIpc) is 2.32. The number of carbonyl (C=O) groups excluding carboxylic acids is 1. The summed E-state index contributed by atoms with van der Waals surface area (Å²) in [6, 6.07) is 3.62. The maximum atomic E-state index is 12.1. The number of hydrogen-bond acceptors (Lipinski definition) is 4. The van der Waals surface area contributed by atoms with Crippen LogP contribution in [0.1, 0.15) is 29.6 Å². The van der Waals surface area contributed by atoms with Gasteiger partial charge in [-0.25, -0.2) is 4.79 Å². The summed E-state index contributed by atoms with van der Waals surface area (Å²) < 4.78 is 0. The van der Waals surface area contributed by atoms with E-state index in [1.54, 1.807) is 0 Å². The summed E-state index contributed by atoms with van der Waals surface area (Å²) >= 11 is 5.66. The molecule has 106 valence electrons. The predicted octanol–water partition coefficient (Wildman–Crippen LogP) is 1.99. The van der Waals surface area contributed by atoms with Gasteiger partial charge in [-0.1, -0.05) is 11.6 Å². The first-order chi connectivity index (χ1) is 9.35. The van der Waals surface area contributed by atoms with Crippen molar-refractivity contribution in [2.75, 3.05) is 0 Å². The monoisotopic (exact) mass is 298 g/mol. The summed E-state index contributed by atoms with van der Waals surface area (Å²) in [6.45, 7) is 0. The average molecular weight is 299 g/mol. The second-order valence-corrected chi connectivity index (χ2v) is 5.05. The molecular formula is C12H11ClN2O5. The molecule has 1 aromatic carbocycles. The summed E-state index contributed by atoms with van der Waals surface area (Å²) in [7, 11) is 0. The summed E-state index contributed by atoms with van der Waals surface area (Å²) in [4.78, 5) is 33.4. The number of halogens is 1. The van der Waals surface area contributed by atoms with Crippen LogP contribution in [0.5, 0.6) is 0 Å². The summed E-state index contributed by atoms with van der Waals surface area (Å²) in [6.07, 6.45) is 1.32. The van der Waals surface area contributed by atoms with E-state index in [0.29, 0.717) is 19.3 Å². The molecule has 0 bridgehead atoms. The molecule has 1 saturated carbocycles. The number of nitro benzene ring substituents is 1. The molecule has 20 heavy (non-hydrogen) atoms. The van der Waals surface area contributed by atoms with Crippen molar-refractivity contribution in [2.24, 2.45) is 0 Å². The number of nitrogens with one attached hydrogen (secondary N) is 1. The Morgan fingerprint density at radius 2 is 2.05 bits per heavy atom. The number of nitro groups is 1. The van der Waals surface area contributed by atoms with Crippen LogP contribution in [0.3, 0.4) is 0 Å². The molecular weight excluding hydrogens is 288 g/mol. The van der Waals surface area contributed by atoms with Gasteiger partial charge in [-0.2, -0.15) is 0 Å². The van der Waals surface area contributed by atoms with Crippen molar-refractivity contribution < 1.29 is 19.6 Å². The Labute approximate surface area is 118 Å². The van der Waals surface area contributed by atoms with E-state index in [-0.39, 0.29) is 10.6 Å². The van der Waals surface area contributed by atoms with Crippen LogP contribution < -0.4 is 5.32 Å². The molecule has 0 unspecified atom stereocenters. The second kappa shape index (κ2) is 5.09. The van der Waals surface area contributed by atoms with Crippen molar-refractivity contribution in [3.8, 4) is 0 Å². The lowest BCUT2D eigenvalue weighted by molar-refractivity contribution is -0.385. The van der Waals surface area contributed by atoms with E-state index in [2.05, 4.69) is 5.32 Å². The second-order valence-electron chi connectivity index (χ2n) is 4.61. The van der Waals surface area contributed by atoms with Crippen LogP contribution in [-0.4, -0.2) is 27.4 Å². The van der Waals surface area contributed by atoms with E-state index in [1.165, 1.54) is 12.1 Å². The lowest BCUT2D eigenvalue weighted by atomic mass is 9.76. The number of carbonyl (C=O) groups is 2. The summed E-state index contributed by atoms with van der Waals surface area (Å²) in [5.41, 5.74) is -1.97. The van der Waals surface area contributed by atoms with E-state index in [9.17, 15) is 19.7 Å². The molecule has 1 aliphatic rings. The first-order valence-corrected chi connectivity index (χ1v) is 6.23. The van der Waals surface area contributed by atoms with Crippen molar-refractivity contribution in [1.29, 1.82) is 0 Å². The van der Waals surface area contributed by atoms with E-state index in [4.69, 9.17) is 16.7 Å². The Morgan fingerprint density at radius 1 is 1.40 bits per heavy atom. The van der Waals surface area contributed by atoms with Crippen molar-refractivity contribution in [1.82, 2.24) is 5.32 Å². The topological polar surface area (TPSA) is 110 Å². The zero-order valence-electron chi connectivity index (χ0n) is 10.3. The van der Waals surface area contributed by atoms with Crippen LogP contribution >= 0.6 is 11.6 Å². The molecule has 2 rings (SSSR count). The van der Waals surface area contributed by atoms with Gasteiger partial charge in [-0.15, -0.1) is 0 Å². The third kappa shape index (κ3) is 2.44. The van der Waals surface area contributed by atoms with Crippen LogP contribution in [0.25, 0.3) is 0 Å². The minimum Gasteiger partial charge on any atom is -0.480 e. The third-order valence-corrected chi connectivity index (χ3v) is 3.61. The number of nitrogens with zero attached hydrogens (tertiary/aromatic N) is 1. The molecule has 1 amide bonds. The standard InChI is InChI=1S/C12H11ClN2O5/c13-7-2-3-8(9(6-7)15(19)20)10(16)14-12(11(17)18)4-1-5-12/h2-3,6H,1,4-5H2,(H,14,16)(H,17,18). The lowest BCUT2D eigenvalue weighted by Gasteiger charge is -2.38. The van der Waals surface area contributed by atoms with Crippen LogP contribution in [0.2, 0.25) is 5.02 Å². The Morgan fingerprint density at radius 3 is 2.50 bits per heavy atom. The summed E-state index contributed by atoms with van der Waals surface area (Å²) in [5.74, 6) is -1.91. The maximum absolute atomic E-state index is 12.1. The van der Waals surface area contributed by atoms with Gasteiger partial charge in [0.15, 0.2) is 0 Å². The normalized spacial score (nSPS) is 16.1. The fraction of sp³-hybridized carbons (Fsp3) is 0.333. The molecule has 0 radical (unpaired) electrons. The maximum Gasteiger partial charge on any atom is 0.329 e. The Kier molecular flexibility index (Phi) is 3.63. The van der Waals surface area contributed by atoms with Gasteiger partial charge < -0.3 is 10.4 Å². The van der Waals surface area contributed by atoms with E-state index in [0.717, 1.165) is 6.07 Å². The van der Waals surface area contributed by atoms with Gasteiger partial charge in [-0.3, -0.25) is 14.9 Å². The van der Waals surface area contributed by atoms with Gasteiger partial charge in [-0.05, 0) is 31.4 Å². The number of rotatable bonds is 4. The molecule has 1 fully saturated rings. The number of benzene rings is 1. The molecule has 1 aliphatic carbocycles. The lowest BCUT2D eigenvalue weighted by Crippen LogP contribution is -2.59. The number of carboxylic acids is 1. The molecule has 2 N–H and O–H groups in total. The van der Waals surface area contributed by atoms with Gasteiger partial charge in [0.25, 0.3) is 11.6 Å². The predicted molar refractivity (Wildman–Crippen MR) is 69.8 cm³/mol. The van der Waals surface area contributed by atoms with E-state index in [1.807, 2.05) is 0 Å². The van der Waals surface area contributed by atoms with Crippen molar-refractivity contribution in [2.45, 2.75) is 24.8 Å². The minimum absolute atomic E-state index is 0.129. The molecule has 0 heterocycles. The zero-order valence-corrected chi connectivity index (χ0v) is 11.0. The van der Waals surface area contributed by atoms with Crippen LogP contribution in [-0.2, 0) is 4.79 Å². The van der Waals surface area contributed by atoms with Gasteiger partial charge in [0, 0.05) is 11.1 Å². The highest BCUT2D eigenvalue weighted by Gasteiger charge is 2.46. The first-order valence-electron chi connectivity index (χ1n) is 5.85. The fourth-order valence-corrected chi connectivity index (χ4v) is 2.22. The summed E-state index contributed by atoms with van der Waals surface area (Å²) in [5, 5.41) is 22.5. The fourth-order valence-electron chi connectivity index (χ4n) is 2.06. The Hall–Kier alpha value is -2.15. The van der Waals surface area contributed by atoms with Crippen molar-refractivity contribution in [3.63, 3.8) is 0 Å². The first kappa shape index (κ1) is 14.3. The van der Waals surface area contributed by atoms with Gasteiger partial charge in [0.1, 0.15) is 11.1 Å². The highest BCUT2D eigenvalue weighted by molar-refractivity contribution is 6.31. The van der Waals surface area contributed by atoms with Crippen molar-refractivity contribution in [3.05, 3.63) is 38.9 Å². The molecule has 8 heteroatoms. The largest absolute Gasteiger partial charge is 0.480 e. The minimum atomic E-state index is -1.31. The molecule has 0 spiro atoms. The van der Waals surface area contributed by atoms with Crippen molar-refractivity contribution >= 4 is 29.2 Å². The molecule has 0 atom stereocenters.